The van der Waals surface area contributed by atoms with E-state index in [9.17, 15) is 19.6 Å². The first-order valence-electron chi connectivity index (χ1n) is 15.5. The van der Waals surface area contributed by atoms with Gasteiger partial charge in [-0.2, -0.15) is 5.26 Å². The van der Waals surface area contributed by atoms with E-state index in [1.54, 1.807) is 13.0 Å². The summed E-state index contributed by atoms with van der Waals surface area (Å²) in [5.41, 5.74) is 6.62. The summed E-state index contributed by atoms with van der Waals surface area (Å²) in [6.07, 6.45) is 9.86. The fraction of sp³-hybridized carbons (Fsp3) is 0.771. The molecule has 0 heterocycles. The molecule has 2 aliphatic rings. The van der Waals surface area contributed by atoms with Crippen molar-refractivity contribution < 1.29 is 14.4 Å². The lowest BCUT2D eigenvalue weighted by Crippen LogP contribution is -2.61. The molecule has 0 saturated heterocycles. The number of rotatable bonds is 11. The van der Waals surface area contributed by atoms with E-state index in [-0.39, 0.29) is 28.0 Å². The highest BCUT2D eigenvalue weighted by Crippen LogP contribution is 2.72. The summed E-state index contributed by atoms with van der Waals surface area (Å²) in [7, 11) is 0. The van der Waals surface area contributed by atoms with Gasteiger partial charge in [-0.05, 0) is 95.8 Å². The highest BCUT2D eigenvalue weighted by Gasteiger charge is 2.66. The Morgan fingerprint density at radius 3 is 2.10 bits per heavy atom. The van der Waals surface area contributed by atoms with E-state index in [1.165, 1.54) is 0 Å². The van der Waals surface area contributed by atoms with Crippen LogP contribution in [0.1, 0.15) is 134 Å². The van der Waals surface area contributed by atoms with E-state index in [0.29, 0.717) is 19.3 Å². The van der Waals surface area contributed by atoms with Crippen molar-refractivity contribution in [3.05, 3.63) is 33.7 Å². The summed E-state index contributed by atoms with van der Waals surface area (Å²) >= 11 is 0. The maximum absolute atomic E-state index is 13.4. The van der Waals surface area contributed by atoms with Gasteiger partial charge < -0.3 is 0 Å². The average molecular weight is 579 g/mol. The molecule has 0 bridgehead atoms. The van der Waals surface area contributed by atoms with Crippen molar-refractivity contribution in [3.8, 4) is 6.07 Å². The van der Waals surface area contributed by atoms with E-state index >= 15 is 0 Å². The maximum Gasteiger partial charge on any atom is 0.224 e. The normalized spacial score (nSPS) is 29.9. The van der Waals surface area contributed by atoms with Crippen LogP contribution in [0, 0.1) is 49.2 Å². The second kappa shape index (κ2) is 11.8. The molecule has 1 saturated carbocycles. The highest BCUT2D eigenvalue weighted by molar-refractivity contribution is 6.05. The Labute approximate surface area is 254 Å². The van der Waals surface area contributed by atoms with E-state index in [0.717, 1.165) is 37.7 Å². The molecular formula is C35H54N4O3. The van der Waals surface area contributed by atoms with Crippen LogP contribution >= 0.6 is 0 Å². The lowest BCUT2D eigenvalue weighted by atomic mass is 9.36. The lowest BCUT2D eigenvalue weighted by molar-refractivity contribution is -0.144. The standard InChI is InChI=1S/C35H54N4O3/c1-13-14-29(3,4)15-17-32(9,28(42)38-39-37)18-16-30(5,6)33(10)19-20-35(12)31(7,8)27(41)25(23-36)22-34(35,11)26(33)21-24(2)40/h21-22H,13-20H2,1-12H3/b26-21+/t32-,33+,34+,35-/m0/s1. The third-order valence-corrected chi connectivity index (χ3v) is 12.2. The summed E-state index contributed by atoms with van der Waals surface area (Å²) in [5.74, 6) is -0.635. The molecule has 1 fully saturated rings. The molecule has 2 aliphatic carbocycles. The van der Waals surface area contributed by atoms with Crippen molar-refractivity contribution in [1.29, 1.82) is 5.26 Å². The quantitative estimate of drug-likeness (QED) is 0.105. The molecule has 0 radical (unpaired) electrons. The van der Waals surface area contributed by atoms with E-state index < -0.39 is 33.0 Å². The van der Waals surface area contributed by atoms with Crippen molar-refractivity contribution in [2.45, 2.75) is 134 Å². The number of fused-ring (bicyclic) bond motifs is 1. The molecule has 0 aromatic carbocycles. The number of carbonyl (C=O) groups excluding carboxylic acids is 3. The van der Waals surface area contributed by atoms with Crippen molar-refractivity contribution in [3.63, 3.8) is 0 Å². The second-order valence-corrected chi connectivity index (χ2v) is 16.0. The summed E-state index contributed by atoms with van der Waals surface area (Å²) < 4.78 is 0. The largest absolute Gasteiger partial charge is 0.295 e. The molecule has 7 nitrogen and oxygen atoms in total. The van der Waals surface area contributed by atoms with Crippen molar-refractivity contribution in [2.75, 3.05) is 0 Å². The molecule has 42 heavy (non-hydrogen) atoms. The zero-order chi connectivity index (χ0) is 32.6. The summed E-state index contributed by atoms with van der Waals surface area (Å²) in [6, 6.07) is 2.15. The predicted molar refractivity (Wildman–Crippen MR) is 168 cm³/mol. The number of nitrogens with zero attached hydrogens (tertiary/aromatic N) is 4. The van der Waals surface area contributed by atoms with Crippen molar-refractivity contribution in [2.24, 2.45) is 43.0 Å². The van der Waals surface area contributed by atoms with Crippen LogP contribution in [0.25, 0.3) is 10.4 Å². The Morgan fingerprint density at radius 1 is 1.02 bits per heavy atom. The highest BCUT2D eigenvalue weighted by atomic mass is 16.2. The van der Waals surface area contributed by atoms with Gasteiger partial charge in [0.05, 0.1) is 5.57 Å². The van der Waals surface area contributed by atoms with Gasteiger partial charge in [-0.15, -0.1) is 0 Å². The second-order valence-electron chi connectivity index (χ2n) is 16.0. The first-order valence-corrected chi connectivity index (χ1v) is 15.5. The number of azide groups is 1. The molecule has 0 N–H and O–H groups in total. The number of nitriles is 1. The van der Waals surface area contributed by atoms with E-state index in [2.05, 4.69) is 71.5 Å². The van der Waals surface area contributed by atoms with Crippen LogP contribution in [-0.2, 0) is 14.4 Å². The third kappa shape index (κ3) is 5.89. The van der Waals surface area contributed by atoms with Gasteiger partial charge in [-0.25, -0.2) is 0 Å². The molecule has 0 aromatic heterocycles. The van der Waals surface area contributed by atoms with Crippen molar-refractivity contribution in [1.82, 2.24) is 0 Å². The zero-order valence-electron chi connectivity index (χ0n) is 28.3. The smallest absolute Gasteiger partial charge is 0.224 e. The molecular weight excluding hydrogens is 524 g/mol. The minimum Gasteiger partial charge on any atom is -0.295 e. The Hall–Kier alpha value is -2.71. The summed E-state index contributed by atoms with van der Waals surface area (Å²) in [4.78, 5) is 42.3. The zero-order valence-corrected chi connectivity index (χ0v) is 28.3. The minimum absolute atomic E-state index is 0.0688. The molecule has 232 valence electrons. The molecule has 0 unspecified atom stereocenters. The van der Waals surface area contributed by atoms with Gasteiger partial charge in [0.15, 0.2) is 11.6 Å². The Morgan fingerprint density at radius 2 is 1.60 bits per heavy atom. The van der Waals surface area contributed by atoms with Gasteiger partial charge in [0.1, 0.15) is 6.07 Å². The van der Waals surface area contributed by atoms with Crippen LogP contribution in [0.15, 0.2) is 28.4 Å². The van der Waals surface area contributed by atoms with Gasteiger partial charge in [-0.3, -0.25) is 14.4 Å². The maximum atomic E-state index is 13.4. The SMILES string of the molecule is CCCC(C)(C)CC[C@@](C)(CCC(C)(C)[C@]1(C)CC[C@@]2(C)C(C)(C)C(=O)C(C#N)=C[C@]2(C)/C1=C/C(C)=O)C(=O)N=[N+]=[N-]. The third-order valence-electron chi connectivity index (χ3n) is 12.2. The number of ketones is 2. The molecule has 2 rings (SSSR count). The average Bonchev–Trinajstić information content (AvgIpc) is 2.88. The molecule has 7 heteroatoms. The topological polar surface area (TPSA) is 124 Å². The molecule has 0 aliphatic heterocycles. The Kier molecular flexibility index (Phi) is 9.94. The van der Waals surface area contributed by atoms with E-state index in [1.807, 2.05) is 26.8 Å². The van der Waals surface area contributed by atoms with Crippen LogP contribution in [0.4, 0.5) is 0 Å². The van der Waals surface area contributed by atoms with Crippen LogP contribution in [0.2, 0.25) is 0 Å². The summed E-state index contributed by atoms with van der Waals surface area (Å²) in [5, 5.41) is 13.5. The molecule has 1 amide bonds. The lowest BCUT2D eigenvalue weighted by Gasteiger charge is -2.66. The Bertz CT molecular complexity index is 1280. The fourth-order valence-corrected chi connectivity index (χ4v) is 7.98. The first-order chi connectivity index (χ1) is 19.0. The number of hydrogen-bond acceptors (Lipinski definition) is 4. The van der Waals surface area contributed by atoms with Crippen molar-refractivity contribution >= 4 is 17.5 Å². The number of hydrogen-bond donors (Lipinski definition) is 0. The van der Waals surface area contributed by atoms with Crippen LogP contribution in [0.3, 0.4) is 0 Å². The number of Topliss-reactive ketones (excluding diaryl/α,β-unsaturated/α-hetero) is 1. The Balaban J connectivity index is 2.63. The molecule has 0 spiro atoms. The van der Waals surface area contributed by atoms with E-state index in [4.69, 9.17) is 5.53 Å². The van der Waals surface area contributed by atoms with Gasteiger partial charge >= 0.3 is 0 Å². The van der Waals surface area contributed by atoms with Crippen LogP contribution in [0.5, 0.6) is 0 Å². The van der Waals surface area contributed by atoms with Crippen LogP contribution in [-0.4, -0.2) is 17.5 Å². The van der Waals surface area contributed by atoms with Gasteiger partial charge in [-0.1, -0.05) is 88.7 Å². The van der Waals surface area contributed by atoms with Gasteiger partial charge in [0.2, 0.25) is 5.91 Å². The van der Waals surface area contributed by atoms with Gasteiger partial charge in [0.25, 0.3) is 0 Å². The van der Waals surface area contributed by atoms with Gasteiger partial charge in [0, 0.05) is 21.2 Å². The predicted octanol–water partition coefficient (Wildman–Crippen LogP) is 9.63. The number of carbonyl (C=O) groups is 3. The van der Waals surface area contributed by atoms with Crippen LogP contribution < -0.4 is 0 Å². The monoisotopic (exact) mass is 578 g/mol. The number of allylic oxidation sites excluding steroid dienone is 4. The summed E-state index contributed by atoms with van der Waals surface area (Å²) in [6.45, 7) is 24.8. The first kappa shape index (κ1) is 35.5. The number of amides is 1. The molecule has 4 atom stereocenters. The molecule has 0 aromatic rings. The fourth-order valence-electron chi connectivity index (χ4n) is 7.98. The minimum atomic E-state index is -0.810.